The minimum Gasteiger partial charge on any atom is -0.381 e. The van der Waals surface area contributed by atoms with E-state index in [1.54, 1.807) is 22.7 Å². The van der Waals surface area contributed by atoms with Crippen LogP contribution in [-0.4, -0.2) is 35.6 Å². The molecule has 0 radical (unpaired) electrons. The second-order valence-corrected chi connectivity index (χ2v) is 9.59. The highest BCUT2D eigenvalue weighted by Crippen LogP contribution is 2.28. The van der Waals surface area contributed by atoms with Crippen LogP contribution in [0.1, 0.15) is 34.5 Å². The van der Waals surface area contributed by atoms with Crippen molar-refractivity contribution in [1.82, 2.24) is 15.3 Å². The van der Waals surface area contributed by atoms with Crippen molar-refractivity contribution in [3.8, 4) is 10.6 Å². The summed E-state index contributed by atoms with van der Waals surface area (Å²) in [6.45, 7) is 2.25. The molecule has 158 valence electrons. The van der Waals surface area contributed by atoms with Gasteiger partial charge >= 0.3 is 0 Å². The van der Waals surface area contributed by atoms with Crippen molar-refractivity contribution in [1.29, 1.82) is 0 Å². The summed E-state index contributed by atoms with van der Waals surface area (Å²) in [7, 11) is 0. The molecule has 1 aliphatic rings. The van der Waals surface area contributed by atoms with Crippen LogP contribution in [0, 0.1) is 5.92 Å². The largest absolute Gasteiger partial charge is 0.381 e. The lowest BCUT2D eigenvalue weighted by atomic mass is 10.0. The van der Waals surface area contributed by atoms with E-state index in [0.717, 1.165) is 58.8 Å². The Labute approximate surface area is 189 Å². The highest BCUT2D eigenvalue weighted by molar-refractivity contribution is 7.17. The van der Waals surface area contributed by atoms with E-state index in [-0.39, 0.29) is 5.91 Å². The Balaban J connectivity index is 1.34. The van der Waals surface area contributed by atoms with Gasteiger partial charge in [-0.1, -0.05) is 24.3 Å². The molecule has 0 unspecified atom stereocenters. The molecule has 4 aromatic rings. The van der Waals surface area contributed by atoms with Crippen molar-refractivity contribution in [3.05, 3.63) is 70.2 Å². The van der Waals surface area contributed by atoms with Crippen LogP contribution in [0.25, 0.3) is 20.8 Å². The number of thiophene rings is 1. The fourth-order valence-electron chi connectivity index (χ4n) is 3.90. The number of amides is 1. The molecule has 0 atom stereocenters. The third-order valence-corrected chi connectivity index (χ3v) is 7.44. The number of fused-ring (bicyclic) bond motifs is 1. The monoisotopic (exact) mass is 449 g/mol. The van der Waals surface area contributed by atoms with E-state index >= 15 is 0 Å². The second-order valence-electron chi connectivity index (χ2n) is 7.78. The molecule has 1 amide bonds. The zero-order valence-electron chi connectivity index (χ0n) is 17.0. The number of thiazole rings is 1. The molecule has 0 spiro atoms. The van der Waals surface area contributed by atoms with Gasteiger partial charge in [-0.05, 0) is 53.8 Å². The first kappa shape index (κ1) is 20.3. The lowest BCUT2D eigenvalue weighted by Crippen LogP contribution is -2.32. The molecule has 1 fully saturated rings. The summed E-state index contributed by atoms with van der Waals surface area (Å²) in [4.78, 5) is 21.8. The van der Waals surface area contributed by atoms with Gasteiger partial charge in [-0.2, -0.15) is 0 Å². The average molecular weight is 450 g/mol. The molecule has 1 aliphatic heterocycles. The fourth-order valence-corrected chi connectivity index (χ4v) is 5.39. The van der Waals surface area contributed by atoms with E-state index in [9.17, 15) is 4.79 Å². The maximum atomic E-state index is 12.8. The van der Waals surface area contributed by atoms with Crippen LogP contribution in [-0.2, 0) is 11.2 Å². The standard InChI is InChI=1S/C24H23N3O2S2/c28-23(26-15-17-5-9-29-10-6-17)21-14-19(22-20(27-21)7-11-30-22)13-16-1-3-18(4-2-16)24-25-8-12-31-24/h1-4,7-8,11-12,14,17H,5-6,9-10,13,15H2,(H,26,28). The van der Waals surface area contributed by atoms with E-state index < -0.39 is 0 Å². The topological polar surface area (TPSA) is 64.1 Å². The molecule has 31 heavy (non-hydrogen) atoms. The fraction of sp³-hybridized carbons (Fsp3) is 0.292. The number of nitrogens with one attached hydrogen (secondary N) is 1. The van der Waals surface area contributed by atoms with Crippen molar-refractivity contribution in [2.75, 3.05) is 19.8 Å². The minimum atomic E-state index is -0.0973. The third kappa shape index (κ3) is 4.69. The number of carbonyl (C=O) groups excluding carboxylic acids is 1. The lowest BCUT2D eigenvalue weighted by molar-refractivity contribution is 0.0642. The molecular weight excluding hydrogens is 426 g/mol. The summed E-state index contributed by atoms with van der Waals surface area (Å²) >= 11 is 3.31. The number of carbonyl (C=O) groups is 1. The van der Waals surface area contributed by atoms with Crippen LogP contribution in [0.2, 0.25) is 0 Å². The zero-order chi connectivity index (χ0) is 21.0. The summed E-state index contributed by atoms with van der Waals surface area (Å²) in [5, 5.41) is 8.13. The Kier molecular flexibility index (Phi) is 6.06. The number of pyridine rings is 1. The van der Waals surface area contributed by atoms with Gasteiger partial charge in [0.1, 0.15) is 10.7 Å². The van der Waals surface area contributed by atoms with Crippen LogP contribution in [0.15, 0.2) is 53.4 Å². The Bertz CT molecular complexity index is 1160. The first-order valence-corrected chi connectivity index (χ1v) is 12.2. The van der Waals surface area contributed by atoms with Gasteiger partial charge in [-0.3, -0.25) is 4.79 Å². The first-order valence-electron chi connectivity index (χ1n) is 10.5. The molecule has 1 aromatic carbocycles. The number of ether oxygens (including phenoxy) is 1. The van der Waals surface area contributed by atoms with Gasteiger partial charge in [0, 0.05) is 36.9 Å². The molecule has 1 N–H and O–H groups in total. The van der Waals surface area contributed by atoms with E-state index in [0.29, 0.717) is 18.2 Å². The number of hydrogen-bond acceptors (Lipinski definition) is 6. The van der Waals surface area contributed by atoms with Crippen LogP contribution < -0.4 is 5.32 Å². The van der Waals surface area contributed by atoms with Gasteiger partial charge in [0.2, 0.25) is 0 Å². The summed E-state index contributed by atoms with van der Waals surface area (Å²) in [5.74, 6) is 0.387. The van der Waals surface area contributed by atoms with E-state index in [1.165, 1.54) is 5.56 Å². The van der Waals surface area contributed by atoms with Gasteiger partial charge in [-0.25, -0.2) is 9.97 Å². The van der Waals surface area contributed by atoms with Crippen molar-refractivity contribution in [3.63, 3.8) is 0 Å². The van der Waals surface area contributed by atoms with Crippen LogP contribution in [0.4, 0.5) is 0 Å². The molecule has 7 heteroatoms. The lowest BCUT2D eigenvalue weighted by Gasteiger charge is -2.22. The van der Waals surface area contributed by atoms with Gasteiger partial charge in [0.05, 0.1) is 10.2 Å². The normalized spacial score (nSPS) is 14.7. The van der Waals surface area contributed by atoms with Gasteiger partial charge in [0.15, 0.2) is 0 Å². The number of rotatable bonds is 6. The molecular formula is C24H23N3O2S2. The number of hydrogen-bond donors (Lipinski definition) is 1. The summed E-state index contributed by atoms with van der Waals surface area (Å²) in [5.41, 5.74) is 4.85. The molecule has 5 rings (SSSR count). The Morgan fingerprint density at radius 1 is 1.10 bits per heavy atom. The highest BCUT2D eigenvalue weighted by Gasteiger charge is 2.17. The Morgan fingerprint density at radius 2 is 1.94 bits per heavy atom. The Morgan fingerprint density at radius 3 is 2.71 bits per heavy atom. The highest BCUT2D eigenvalue weighted by atomic mass is 32.1. The molecule has 0 saturated carbocycles. The quantitative estimate of drug-likeness (QED) is 0.441. The van der Waals surface area contributed by atoms with Gasteiger partial charge in [0.25, 0.3) is 5.91 Å². The van der Waals surface area contributed by atoms with Crippen molar-refractivity contribution in [2.24, 2.45) is 5.92 Å². The van der Waals surface area contributed by atoms with Crippen molar-refractivity contribution >= 4 is 38.8 Å². The van der Waals surface area contributed by atoms with Gasteiger partial charge < -0.3 is 10.1 Å². The Hall–Kier alpha value is -2.61. The average Bonchev–Trinajstić information content (AvgIpc) is 3.51. The molecule has 5 nitrogen and oxygen atoms in total. The third-order valence-electron chi connectivity index (χ3n) is 5.64. The maximum Gasteiger partial charge on any atom is 0.269 e. The molecule has 0 bridgehead atoms. The minimum absolute atomic E-state index is 0.0973. The number of benzene rings is 1. The second kappa shape index (κ2) is 9.26. The zero-order valence-corrected chi connectivity index (χ0v) is 18.7. The molecule has 1 saturated heterocycles. The molecule has 3 aromatic heterocycles. The predicted molar refractivity (Wildman–Crippen MR) is 126 cm³/mol. The summed E-state index contributed by atoms with van der Waals surface area (Å²) in [6, 6.07) is 12.4. The van der Waals surface area contributed by atoms with Crippen LogP contribution in [0.5, 0.6) is 0 Å². The van der Waals surface area contributed by atoms with Gasteiger partial charge in [-0.15, -0.1) is 22.7 Å². The van der Waals surface area contributed by atoms with Crippen LogP contribution in [0.3, 0.4) is 0 Å². The molecule has 0 aliphatic carbocycles. The van der Waals surface area contributed by atoms with Crippen molar-refractivity contribution < 1.29 is 9.53 Å². The predicted octanol–water partition coefficient (Wildman–Crippen LogP) is 5.17. The van der Waals surface area contributed by atoms with Crippen molar-refractivity contribution in [2.45, 2.75) is 19.3 Å². The van der Waals surface area contributed by atoms with E-state index in [2.05, 4.69) is 39.6 Å². The molecule has 4 heterocycles. The summed E-state index contributed by atoms with van der Waals surface area (Å²) < 4.78 is 6.55. The number of nitrogens with zero attached hydrogens (tertiary/aromatic N) is 2. The van der Waals surface area contributed by atoms with E-state index in [1.807, 2.05) is 29.1 Å². The van der Waals surface area contributed by atoms with Crippen LogP contribution >= 0.6 is 22.7 Å². The smallest absolute Gasteiger partial charge is 0.269 e. The number of aromatic nitrogens is 2. The summed E-state index contributed by atoms with van der Waals surface area (Å²) in [6.07, 6.45) is 4.59. The first-order chi connectivity index (χ1) is 15.3. The van der Waals surface area contributed by atoms with E-state index in [4.69, 9.17) is 4.74 Å². The maximum absolute atomic E-state index is 12.8. The SMILES string of the molecule is O=C(NCC1CCOCC1)c1cc(Cc2ccc(-c3nccs3)cc2)c2sccc2n1.